The molecule has 1 saturated heterocycles. The van der Waals surface area contributed by atoms with Gasteiger partial charge in [0.15, 0.2) is 0 Å². The fourth-order valence-corrected chi connectivity index (χ4v) is 1.98. The Morgan fingerprint density at radius 3 is 2.31 bits per heavy atom. The zero-order chi connectivity index (χ0) is 10.7. The summed E-state index contributed by atoms with van der Waals surface area (Å²) in [5.41, 5.74) is 8.80. The Bertz CT molecular complexity index is 317. The third-order valence-corrected chi connectivity index (χ3v) is 3.23. The van der Waals surface area contributed by atoms with Crippen LogP contribution in [0.1, 0.15) is 30.9 Å². The van der Waals surface area contributed by atoms with Crippen LogP contribution in [0.3, 0.4) is 0 Å². The fraction of sp³-hybridized carbons (Fsp3) is 0.538. The van der Waals surface area contributed by atoms with Crippen molar-refractivity contribution in [2.45, 2.75) is 31.7 Å². The summed E-state index contributed by atoms with van der Waals surface area (Å²) in [7, 11) is 0. The van der Waals surface area contributed by atoms with Gasteiger partial charge in [-0.25, -0.2) is 0 Å². The normalized spacial score (nSPS) is 17.4. The minimum atomic E-state index is -0.108. The van der Waals surface area contributed by atoms with E-state index in [9.17, 15) is 0 Å². The lowest BCUT2D eigenvalue weighted by molar-refractivity contribution is 0.287. The number of hydrogen-bond acceptors (Lipinski definition) is 2. The van der Waals surface area contributed by atoms with Crippen molar-refractivity contribution in [3.63, 3.8) is 0 Å². The molecule has 2 nitrogen and oxygen atoms in total. The Balaban J connectivity index is 0.00000128. The molecule has 0 bridgehead atoms. The lowest BCUT2D eigenvalue weighted by Gasteiger charge is -2.39. The van der Waals surface area contributed by atoms with Gasteiger partial charge >= 0.3 is 0 Å². The first-order valence-corrected chi connectivity index (χ1v) is 5.83. The number of unbranched alkanes of at least 4 members (excludes halogenated alkanes) is 1. The van der Waals surface area contributed by atoms with Crippen LogP contribution >= 0.6 is 12.4 Å². The molecule has 0 aromatic heterocycles. The third-order valence-electron chi connectivity index (χ3n) is 3.23. The molecule has 3 heteroatoms. The van der Waals surface area contributed by atoms with Gasteiger partial charge in [0.25, 0.3) is 0 Å². The number of nitrogens with two attached hydrogens (primary N) is 1. The number of benzene rings is 1. The van der Waals surface area contributed by atoms with Gasteiger partial charge in [-0.05, 0) is 24.0 Å². The maximum Gasteiger partial charge on any atom is 0.0662 e. The van der Waals surface area contributed by atoms with E-state index in [1.54, 1.807) is 0 Å². The van der Waals surface area contributed by atoms with Crippen molar-refractivity contribution in [2.24, 2.45) is 5.73 Å². The Morgan fingerprint density at radius 1 is 1.25 bits per heavy atom. The van der Waals surface area contributed by atoms with Gasteiger partial charge in [-0.3, -0.25) is 0 Å². The van der Waals surface area contributed by atoms with E-state index < -0.39 is 0 Å². The maximum absolute atomic E-state index is 6.21. The minimum absolute atomic E-state index is 0. The van der Waals surface area contributed by atoms with E-state index in [4.69, 9.17) is 5.73 Å². The lowest BCUT2D eigenvalue weighted by atomic mass is 9.85. The number of halogens is 1. The fourth-order valence-electron chi connectivity index (χ4n) is 1.98. The molecule has 0 saturated carbocycles. The second-order valence-corrected chi connectivity index (χ2v) is 4.56. The number of rotatable bonds is 4. The Kier molecular flexibility index (Phi) is 4.78. The Hall–Kier alpha value is -0.570. The molecule has 90 valence electrons. The second-order valence-electron chi connectivity index (χ2n) is 4.56. The highest BCUT2D eigenvalue weighted by Gasteiger charge is 2.33. The van der Waals surface area contributed by atoms with Crippen LogP contribution in [-0.4, -0.2) is 13.1 Å². The molecule has 0 unspecified atom stereocenters. The summed E-state index contributed by atoms with van der Waals surface area (Å²) in [6.07, 6.45) is 3.72. The molecule has 1 fully saturated rings. The highest BCUT2D eigenvalue weighted by atomic mass is 35.5. The first-order chi connectivity index (χ1) is 7.24. The van der Waals surface area contributed by atoms with Crippen LogP contribution in [-0.2, 0) is 12.0 Å². The van der Waals surface area contributed by atoms with Crippen LogP contribution in [0, 0.1) is 0 Å². The van der Waals surface area contributed by atoms with E-state index in [0.29, 0.717) is 0 Å². The summed E-state index contributed by atoms with van der Waals surface area (Å²) < 4.78 is 0. The highest BCUT2D eigenvalue weighted by Crippen LogP contribution is 2.22. The Labute approximate surface area is 104 Å². The summed E-state index contributed by atoms with van der Waals surface area (Å²) in [4.78, 5) is 0. The van der Waals surface area contributed by atoms with E-state index in [-0.39, 0.29) is 17.9 Å². The van der Waals surface area contributed by atoms with Gasteiger partial charge in [-0.2, -0.15) is 0 Å². The average molecular weight is 241 g/mol. The third kappa shape index (κ3) is 2.76. The standard InChI is InChI=1S/C13H20N2.ClH/c1-2-3-4-11-5-7-12(8-6-11)13(14)9-15-10-13;/h5-8,15H,2-4,9-10,14H2,1H3;1H. The predicted molar refractivity (Wildman–Crippen MR) is 71.0 cm³/mol. The van der Waals surface area contributed by atoms with E-state index in [1.807, 2.05) is 0 Å². The van der Waals surface area contributed by atoms with Crippen molar-refractivity contribution in [1.29, 1.82) is 0 Å². The minimum Gasteiger partial charge on any atom is -0.319 e. The number of nitrogens with one attached hydrogen (secondary N) is 1. The number of hydrogen-bond donors (Lipinski definition) is 2. The van der Waals surface area contributed by atoms with E-state index >= 15 is 0 Å². The second kappa shape index (κ2) is 5.67. The van der Waals surface area contributed by atoms with Crippen molar-refractivity contribution in [2.75, 3.05) is 13.1 Å². The van der Waals surface area contributed by atoms with Gasteiger partial charge < -0.3 is 11.1 Å². The van der Waals surface area contributed by atoms with Crippen molar-refractivity contribution in [3.8, 4) is 0 Å². The first-order valence-electron chi connectivity index (χ1n) is 5.83. The van der Waals surface area contributed by atoms with Crippen LogP contribution < -0.4 is 11.1 Å². The molecular formula is C13H21ClN2. The molecule has 1 aliphatic rings. The van der Waals surface area contributed by atoms with E-state index in [0.717, 1.165) is 13.1 Å². The monoisotopic (exact) mass is 240 g/mol. The van der Waals surface area contributed by atoms with Gasteiger partial charge in [-0.1, -0.05) is 37.6 Å². The first kappa shape index (κ1) is 13.5. The summed E-state index contributed by atoms with van der Waals surface area (Å²) in [5, 5.41) is 3.22. The smallest absolute Gasteiger partial charge is 0.0662 e. The molecule has 0 atom stereocenters. The summed E-state index contributed by atoms with van der Waals surface area (Å²) >= 11 is 0. The van der Waals surface area contributed by atoms with E-state index in [1.165, 1.54) is 30.4 Å². The van der Waals surface area contributed by atoms with Crippen LogP contribution in [0.25, 0.3) is 0 Å². The van der Waals surface area contributed by atoms with Gasteiger partial charge in [-0.15, -0.1) is 12.4 Å². The van der Waals surface area contributed by atoms with Crippen LogP contribution in [0.2, 0.25) is 0 Å². The Morgan fingerprint density at radius 2 is 1.88 bits per heavy atom. The molecule has 16 heavy (non-hydrogen) atoms. The molecule has 1 aliphatic heterocycles. The molecule has 1 heterocycles. The maximum atomic E-state index is 6.21. The topological polar surface area (TPSA) is 38.0 Å². The predicted octanol–water partition coefficient (Wildman–Crippen LogP) is 2.21. The molecular weight excluding hydrogens is 220 g/mol. The van der Waals surface area contributed by atoms with E-state index in [2.05, 4.69) is 36.5 Å². The molecule has 0 spiro atoms. The van der Waals surface area contributed by atoms with Gasteiger partial charge in [0.2, 0.25) is 0 Å². The zero-order valence-electron chi connectivity index (χ0n) is 9.83. The SMILES string of the molecule is CCCCc1ccc(C2(N)CNC2)cc1.Cl. The van der Waals surface area contributed by atoms with Crippen LogP contribution in [0.4, 0.5) is 0 Å². The largest absolute Gasteiger partial charge is 0.319 e. The van der Waals surface area contributed by atoms with Crippen molar-refractivity contribution in [3.05, 3.63) is 35.4 Å². The van der Waals surface area contributed by atoms with Crippen molar-refractivity contribution < 1.29 is 0 Å². The summed E-state index contributed by atoms with van der Waals surface area (Å²) in [6, 6.07) is 8.81. The molecule has 2 rings (SSSR count). The summed E-state index contributed by atoms with van der Waals surface area (Å²) in [6.45, 7) is 4.03. The molecule has 0 radical (unpaired) electrons. The average Bonchev–Trinajstić information content (AvgIpc) is 2.24. The molecule has 1 aromatic rings. The molecule has 3 N–H and O–H groups in total. The van der Waals surface area contributed by atoms with Crippen LogP contribution in [0.5, 0.6) is 0 Å². The van der Waals surface area contributed by atoms with Crippen LogP contribution in [0.15, 0.2) is 24.3 Å². The highest BCUT2D eigenvalue weighted by molar-refractivity contribution is 5.85. The number of aryl methyl sites for hydroxylation is 1. The van der Waals surface area contributed by atoms with Crippen molar-refractivity contribution in [1.82, 2.24) is 5.32 Å². The lowest BCUT2D eigenvalue weighted by Crippen LogP contribution is -2.62. The summed E-state index contributed by atoms with van der Waals surface area (Å²) in [5.74, 6) is 0. The molecule has 0 amide bonds. The quantitative estimate of drug-likeness (QED) is 0.847. The van der Waals surface area contributed by atoms with Gasteiger partial charge in [0.05, 0.1) is 5.54 Å². The molecule has 0 aliphatic carbocycles. The molecule has 1 aromatic carbocycles. The van der Waals surface area contributed by atoms with Gasteiger partial charge in [0.1, 0.15) is 0 Å². The van der Waals surface area contributed by atoms with Gasteiger partial charge in [0, 0.05) is 13.1 Å². The van der Waals surface area contributed by atoms with Crippen molar-refractivity contribution >= 4 is 12.4 Å². The zero-order valence-corrected chi connectivity index (χ0v) is 10.6.